The Morgan fingerprint density at radius 1 is 1.56 bits per heavy atom. The minimum absolute atomic E-state index is 0.190. The van der Waals surface area contributed by atoms with E-state index in [1.165, 1.54) is 19.1 Å². The van der Waals surface area contributed by atoms with Gasteiger partial charge < -0.3 is 5.11 Å². The van der Waals surface area contributed by atoms with Crippen molar-refractivity contribution in [3.8, 4) is 12.1 Å². The normalized spacial score (nSPS) is 5.33. The molecule has 0 rings (SSSR count). The van der Waals surface area contributed by atoms with Crippen molar-refractivity contribution in [3.63, 3.8) is 0 Å². The molecule has 9 heavy (non-hydrogen) atoms. The molecule has 0 aliphatic carbocycles. The van der Waals surface area contributed by atoms with Gasteiger partial charge in [0.2, 0.25) is 0 Å². The van der Waals surface area contributed by atoms with Crippen molar-refractivity contribution in [1.29, 1.82) is 10.5 Å². The summed E-state index contributed by atoms with van der Waals surface area (Å²) in [4.78, 5) is 9.56. The van der Waals surface area contributed by atoms with Gasteiger partial charge >= 0.3 is 0 Å². The Morgan fingerprint density at radius 3 is 1.78 bits per heavy atom. The SMILES string of the molecule is CC(=O)CO.N#CC#N. The molecule has 0 saturated heterocycles. The number of hydrogen-bond donors (Lipinski definition) is 1. The molecule has 0 radical (unpaired) electrons. The number of rotatable bonds is 1. The topological polar surface area (TPSA) is 84.9 Å². The molecule has 0 spiro atoms. The maximum atomic E-state index is 9.56. The van der Waals surface area contributed by atoms with Gasteiger partial charge in [-0.05, 0) is 6.92 Å². The van der Waals surface area contributed by atoms with Gasteiger partial charge in [0.15, 0.2) is 17.9 Å². The number of nitriles is 2. The molecule has 4 nitrogen and oxygen atoms in total. The third-order valence-corrected chi connectivity index (χ3v) is 0.273. The summed E-state index contributed by atoms with van der Waals surface area (Å²) < 4.78 is 0. The Balaban J connectivity index is 0. The lowest BCUT2D eigenvalue weighted by molar-refractivity contribution is -0.119. The Bertz CT molecular complexity index is 139. The van der Waals surface area contributed by atoms with E-state index < -0.39 is 0 Å². The predicted molar refractivity (Wildman–Crippen MR) is 29.0 cm³/mol. The van der Waals surface area contributed by atoms with Gasteiger partial charge in [-0.25, -0.2) is 0 Å². The van der Waals surface area contributed by atoms with Crippen LogP contribution < -0.4 is 0 Å². The summed E-state index contributed by atoms with van der Waals surface area (Å²) in [5.41, 5.74) is 0. The Kier molecular flexibility index (Phi) is 11.5. The second-order valence-corrected chi connectivity index (χ2v) is 1.08. The highest BCUT2D eigenvalue weighted by atomic mass is 16.3. The van der Waals surface area contributed by atoms with E-state index in [9.17, 15) is 4.79 Å². The van der Waals surface area contributed by atoms with Gasteiger partial charge in [-0.15, -0.1) is 0 Å². The number of Topliss-reactive ketones (excluding diaryl/α,β-unsaturated/α-hetero) is 1. The predicted octanol–water partition coefficient (Wildman–Crippen LogP) is -0.399. The molecule has 0 aromatic rings. The fraction of sp³-hybridized carbons (Fsp3) is 0.400. The minimum Gasteiger partial charge on any atom is -0.389 e. The molecule has 0 aliphatic heterocycles. The van der Waals surface area contributed by atoms with E-state index in [4.69, 9.17) is 15.6 Å². The quantitative estimate of drug-likeness (QED) is 0.518. The molecule has 0 saturated carbocycles. The van der Waals surface area contributed by atoms with Crippen molar-refractivity contribution < 1.29 is 9.90 Å². The van der Waals surface area contributed by atoms with Crippen LogP contribution in [-0.2, 0) is 4.79 Å². The van der Waals surface area contributed by atoms with Crippen LogP contribution >= 0.6 is 0 Å². The number of aliphatic hydroxyl groups is 1. The van der Waals surface area contributed by atoms with Crippen LogP contribution in [0.5, 0.6) is 0 Å². The fourth-order valence-corrected chi connectivity index (χ4v) is 0. The first-order valence-electron chi connectivity index (χ1n) is 2.07. The summed E-state index contributed by atoms with van der Waals surface area (Å²) in [6.07, 6.45) is 0. The van der Waals surface area contributed by atoms with Gasteiger partial charge in [0.05, 0.1) is 0 Å². The van der Waals surface area contributed by atoms with E-state index in [2.05, 4.69) is 0 Å². The lowest BCUT2D eigenvalue weighted by atomic mass is 10.5. The van der Waals surface area contributed by atoms with E-state index in [-0.39, 0.29) is 12.4 Å². The van der Waals surface area contributed by atoms with Crippen LogP contribution in [0.3, 0.4) is 0 Å². The number of nitrogens with zero attached hydrogens (tertiary/aromatic N) is 2. The Hall–Kier alpha value is -1.39. The second kappa shape index (κ2) is 9.79. The summed E-state index contributed by atoms with van der Waals surface area (Å²) in [5.74, 6) is -0.190. The number of ketones is 1. The van der Waals surface area contributed by atoms with E-state index in [1.807, 2.05) is 0 Å². The molecule has 0 unspecified atom stereocenters. The summed E-state index contributed by atoms with van der Waals surface area (Å²) >= 11 is 0. The summed E-state index contributed by atoms with van der Waals surface area (Å²) in [5, 5.41) is 22.3. The average Bonchev–Trinajstić information content (AvgIpc) is 1.89. The molecule has 0 amide bonds. The first kappa shape index (κ1) is 10.6. The molecule has 4 heteroatoms. The van der Waals surface area contributed by atoms with Crippen molar-refractivity contribution in [3.05, 3.63) is 0 Å². The van der Waals surface area contributed by atoms with E-state index in [0.717, 1.165) is 0 Å². The maximum Gasteiger partial charge on any atom is 0.181 e. The highest BCUT2D eigenvalue weighted by Crippen LogP contribution is 1.55. The van der Waals surface area contributed by atoms with Crippen LogP contribution in [0.1, 0.15) is 6.92 Å². The van der Waals surface area contributed by atoms with Crippen LogP contribution in [0.2, 0.25) is 0 Å². The summed E-state index contributed by atoms with van der Waals surface area (Å²) in [6.45, 7) is 1.000. The monoisotopic (exact) mass is 126 g/mol. The highest BCUT2D eigenvalue weighted by Gasteiger charge is 1.78. The van der Waals surface area contributed by atoms with Crippen LogP contribution in [0.15, 0.2) is 0 Å². The molecule has 0 aromatic heterocycles. The molecular formula is C5H6N2O2. The van der Waals surface area contributed by atoms with Crippen LogP contribution in [-0.4, -0.2) is 17.5 Å². The van der Waals surface area contributed by atoms with Gasteiger partial charge in [-0.3, -0.25) is 4.79 Å². The largest absolute Gasteiger partial charge is 0.389 e. The third kappa shape index (κ3) is 54.2. The van der Waals surface area contributed by atoms with Crippen LogP contribution in [0.4, 0.5) is 0 Å². The van der Waals surface area contributed by atoms with Crippen LogP contribution in [0, 0.1) is 22.7 Å². The standard InChI is InChI=1S/C3H6O2.C2N2/c1-3(5)2-4;3-1-2-4/h4H,2H2,1H3;. The van der Waals surface area contributed by atoms with Crippen molar-refractivity contribution in [2.75, 3.05) is 6.61 Å². The van der Waals surface area contributed by atoms with Gasteiger partial charge in [0.25, 0.3) is 0 Å². The lowest BCUT2D eigenvalue weighted by Gasteiger charge is -1.72. The number of hydrogen-bond acceptors (Lipinski definition) is 4. The zero-order valence-electron chi connectivity index (χ0n) is 4.96. The zero-order chi connectivity index (χ0) is 7.70. The van der Waals surface area contributed by atoms with Gasteiger partial charge in [-0.1, -0.05) is 0 Å². The number of carbonyl (C=O) groups is 1. The second-order valence-electron chi connectivity index (χ2n) is 1.08. The Morgan fingerprint density at radius 2 is 1.78 bits per heavy atom. The minimum atomic E-state index is -0.333. The van der Waals surface area contributed by atoms with Crippen molar-refractivity contribution in [2.24, 2.45) is 0 Å². The highest BCUT2D eigenvalue weighted by molar-refractivity contribution is 5.76. The smallest absolute Gasteiger partial charge is 0.181 e. The van der Waals surface area contributed by atoms with Crippen molar-refractivity contribution in [1.82, 2.24) is 0 Å². The first-order chi connectivity index (χ1) is 4.18. The Labute approximate surface area is 52.9 Å². The molecule has 48 valence electrons. The van der Waals surface area contributed by atoms with E-state index >= 15 is 0 Å². The summed E-state index contributed by atoms with van der Waals surface area (Å²) in [6, 6.07) is 2.47. The molecule has 1 N–H and O–H groups in total. The number of carbonyl (C=O) groups excluding carboxylic acids is 1. The van der Waals surface area contributed by atoms with E-state index in [1.54, 1.807) is 0 Å². The van der Waals surface area contributed by atoms with Crippen molar-refractivity contribution in [2.45, 2.75) is 6.92 Å². The molecule has 0 aliphatic rings. The lowest BCUT2D eigenvalue weighted by Crippen LogP contribution is -1.93. The molecular weight excluding hydrogens is 120 g/mol. The summed E-state index contributed by atoms with van der Waals surface area (Å²) in [7, 11) is 0. The third-order valence-electron chi connectivity index (χ3n) is 0.273. The van der Waals surface area contributed by atoms with Gasteiger partial charge in [0, 0.05) is 0 Å². The van der Waals surface area contributed by atoms with Crippen LogP contribution in [0.25, 0.3) is 0 Å². The molecule has 0 heterocycles. The molecule has 0 fully saturated rings. The van der Waals surface area contributed by atoms with E-state index in [0.29, 0.717) is 0 Å². The molecule has 0 atom stereocenters. The molecule has 0 bridgehead atoms. The maximum absolute atomic E-state index is 9.56. The fourth-order valence-electron chi connectivity index (χ4n) is 0. The average molecular weight is 126 g/mol. The zero-order valence-corrected chi connectivity index (χ0v) is 4.96. The van der Waals surface area contributed by atoms with Gasteiger partial charge in [0.1, 0.15) is 6.61 Å². The van der Waals surface area contributed by atoms with Gasteiger partial charge in [-0.2, -0.15) is 10.5 Å². The number of aliphatic hydroxyl groups excluding tert-OH is 1. The molecule has 0 aromatic carbocycles. The van der Waals surface area contributed by atoms with Crippen molar-refractivity contribution >= 4 is 5.78 Å². The first-order valence-corrected chi connectivity index (χ1v) is 2.07.